The second kappa shape index (κ2) is 6.71. The van der Waals surface area contributed by atoms with Crippen LogP contribution in [0.2, 0.25) is 0 Å². The number of carboxylic acids is 1. The van der Waals surface area contributed by atoms with Crippen molar-refractivity contribution in [1.82, 2.24) is 15.4 Å². The Labute approximate surface area is 112 Å². The van der Waals surface area contributed by atoms with Gasteiger partial charge in [0, 0.05) is 13.1 Å². The van der Waals surface area contributed by atoms with Crippen LogP contribution >= 0.6 is 0 Å². The summed E-state index contributed by atoms with van der Waals surface area (Å²) in [6.45, 7) is 0.495. The first-order chi connectivity index (χ1) is 8.79. The molecule has 0 spiro atoms. The summed E-state index contributed by atoms with van der Waals surface area (Å²) >= 11 is 0. The lowest BCUT2D eigenvalue weighted by Gasteiger charge is -2.14. The smallest absolute Gasteiger partial charge is 0.326 e. The third-order valence-electron chi connectivity index (χ3n) is 2.65. The van der Waals surface area contributed by atoms with Gasteiger partial charge in [0.1, 0.15) is 6.04 Å². The SMILES string of the molecule is CS(=O)(=O)NCCCNC(=O)NC(C(=O)O)C1CC1. The minimum Gasteiger partial charge on any atom is -0.480 e. The molecule has 1 saturated carbocycles. The number of carbonyl (C=O) groups is 2. The molecule has 8 nitrogen and oxygen atoms in total. The molecular formula is C10H19N3O5S. The summed E-state index contributed by atoms with van der Waals surface area (Å²) in [6.07, 6.45) is 3.12. The van der Waals surface area contributed by atoms with Gasteiger partial charge in [-0.15, -0.1) is 0 Å². The standard InChI is InChI=1S/C10H19N3O5S/c1-19(17,18)12-6-2-5-11-10(16)13-8(9(14)15)7-3-4-7/h7-8,12H,2-6H2,1H3,(H,14,15)(H2,11,13,16). The van der Waals surface area contributed by atoms with Crippen molar-refractivity contribution in [2.24, 2.45) is 5.92 Å². The minimum atomic E-state index is -3.21. The Morgan fingerprint density at radius 2 is 1.95 bits per heavy atom. The number of urea groups is 1. The van der Waals surface area contributed by atoms with Crippen LogP contribution in [0.5, 0.6) is 0 Å². The number of hydrogen-bond acceptors (Lipinski definition) is 4. The van der Waals surface area contributed by atoms with Gasteiger partial charge in [0.05, 0.1) is 6.26 Å². The lowest BCUT2D eigenvalue weighted by Crippen LogP contribution is -2.47. The molecule has 1 atom stereocenters. The summed E-state index contributed by atoms with van der Waals surface area (Å²) in [4.78, 5) is 22.3. The molecule has 0 aliphatic heterocycles. The molecule has 1 fully saturated rings. The topological polar surface area (TPSA) is 125 Å². The summed E-state index contributed by atoms with van der Waals surface area (Å²) in [6, 6.07) is -1.38. The number of aliphatic carboxylic acids is 1. The van der Waals surface area contributed by atoms with Crippen LogP contribution < -0.4 is 15.4 Å². The summed E-state index contributed by atoms with van der Waals surface area (Å²) in [5.74, 6) is -1.01. The van der Waals surface area contributed by atoms with Crippen LogP contribution in [-0.4, -0.2) is 50.9 Å². The number of amides is 2. The number of nitrogens with one attached hydrogen (secondary N) is 3. The van der Waals surface area contributed by atoms with E-state index < -0.39 is 28.1 Å². The normalized spacial score (nSPS) is 16.7. The maximum absolute atomic E-state index is 11.4. The average Bonchev–Trinajstić information content (AvgIpc) is 3.07. The number of sulfonamides is 1. The summed E-state index contributed by atoms with van der Waals surface area (Å²) in [5, 5.41) is 13.8. The van der Waals surface area contributed by atoms with E-state index in [2.05, 4.69) is 15.4 Å². The highest BCUT2D eigenvalue weighted by Crippen LogP contribution is 2.32. The highest BCUT2D eigenvalue weighted by atomic mass is 32.2. The van der Waals surface area contributed by atoms with E-state index in [1.54, 1.807) is 0 Å². The Kier molecular flexibility index (Phi) is 5.55. The van der Waals surface area contributed by atoms with Gasteiger partial charge in [-0.2, -0.15) is 0 Å². The van der Waals surface area contributed by atoms with E-state index in [0.29, 0.717) is 6.42 Å². The minimum absolute atomic E-state index is 0.0233. The van der Waals surface area contributed by atoms with Gasteiger partial charge in [-0.1, -0.05) is 0 Å². The average molecular weight is 293 g/mol. The highest BCUT2D eigenvalue weighted by Gasteiger charge is 2.37. The molecule has 1 aliphatic rings. The monoisotopic (exact) mass is 293 g/mol. The molecule has 0 aromatic heterocycles. The van der Waals surface area contributed by atoms with Crippen molar-refractivity contribution in [3.8, 4) is 0 Å². The molecule has 19 heavy (non-hydrogen) atoms. The zero-order chi connectivity index (χ0) is 14.5. The molecule has 1 aliphatic carbocycles. The molecule has 0 radical (unpaired) electrons. The van der Waals surface area contributed by atoms with Crippen LogP contribution in [0.4, 0.5) is 4.79 Å². The van der Waals surface area contributed by atoms with Gasteiger partial charge < -0.3 is 15.7 Å². The summed E-state index contributed by atoms with van der Waals surface area (Å²) in [5.41, 5.74) is 0. The van der Waals surface area contributed by atoms with Crippen LogP contribution in [-0.2, 0) is 14.8 Å². The zero-order valence-electron chi connectivity index (χ0n) is 10.7. The number of rotatable bonds is 8. The van der Waals surface area contributed by atoms with Gasteiger partial charge >= 0.3 is 12.0 Å². The first kappa shape index (κ1) is 15.7. The maximum atomic E-state index is 11.4. The highest BCUT2D eigenvalue weighted by molar-refractivity contribution is 7.88. The number of carboxylic acid groups (broad SMARTS) is 1. The van der Waals surface area contributed by atoms with Crippen molar-refractivity contribution in [2.75, 3.05) is 19.3 Å². The van der Waals surface area contributed by atoms with Gasteiger partial charge in [-0.25, -0.2) is 22.7 Å². The molecule has 2 amide bonds. The number of hydrogen-bond donors (Lipinski definition) is 4. The van der Waals surface area contributed by atoms with E-state index >= 15 is 0 Å². The van der Waals surface area contributed by atoms with Crippen LogP contribution in [0.15, 0.2) is 0 Å². The fraction of sp³-hybridized carbons (Fsp3) is 0.800. The Bertz CT molecular complexity index is 432. The maximum Gasteiger partial charge on any atom is 0.326 e. The second-order valence-electron chi connectivity index (χ2n) is 4.57. The predicted molar refractivity (Wildman–Crippen MR) is 68.1 cm³/mol. The zero-order valence-corrected chi connectivity index (χ0v) is 11.5. The van der Waals surface area contributed by atoms with Gasteiger partial charge in [0.25, 0.3) is 0 Å². The van der Waals surface area contributed by atoms with Crippen molar-refractivity contribution in [2.45, 2.75) is 25.3 Å². The summed E-state index contributed by atoms with van der Waals surface area (Å²) in [7, 11) is -3.21. The molecule has 4 N–H and O–H groups in total. The first-order valence-corrected chi connectivity index (χ1v) is 7.90. The van der Waals surface area contributed by atoms with Crippen molar-refractivity contribution in [3.05, 3.63) is 0 Å². The lowest BCUT2D eigenvalue weighted by atomic mass is 10.2. The second-order valence-corrected chi connectivity index (χ2v) is 6.41. The molecule has 0 heterocycles. The van der Waals surface area contributed by atoms with E-state index in [0.717, 1.165) is 19.1 Å². The third kappa shape index (κ3) is 6.97. The van der Waals surface area contributed by atoms with E-state index in [1.165, 1.54) is 0 Å². The number of carbonyl (C=O) groups excluding carboxylic acids is 1. The first-order valence-electron chi connectivity index (χ1n) is 6.01. The van der Waals surface area contributed by atoms with E-state index in [-0.39, 0.29) is 19.0 Å². The van der Waals surface area contributed by atoms with E-state index in [4.69, 9.17) is 5.11 Å². The third-order valence-corrected chi connectivity index (χ3v) is 3.38. The fourth-order valence-corrected chi connectivity index (χ4v) is 2.07. The molecule has 0 aromatic carbocycles. The van der Waals surface area contributed by atoms with Gasteiger partial charge in [-0.05, 0) is 25.2 Å². The Balaban J connectivity index is 2.15. The van der Waals surface area contributed by atoms with Crippen LogP contribution in [0.3, 0.4) is 0 Å². The fourth-order valence-electron chi connectivity index (χ4n) is 1.55. The Morgan fingerprint density at radius 3 is 2.42 bits per heavy atom. The molecule has 0 aromatic rings. The largest absolute Gasteiger partial charge is 0.480 e. The van der Waals surface area contributed by atoms with Crippen LogP contribution in [0.25, 0.3) is 0 Å². The van der Waals surface area contributed by atoms with Gasteiger partial charge in [0.2, 0.25) is 10.0 Å². The van der Waals surface area contributed by atoms with Crippen LogP contribution in [0, 0.1) is 5.92 Å². The molecule has 0 saturated heterocycles. The van der Waals surface area contributed by atoms with E-state index in [9.17, 15) is 18.0 Å². The van der Waals surface area contributed by atoms with Gasteiger partial charge in [0.15, 0.2) is 0 Å². The van der Waals surface area contributed by atoms with Crippen molar-refractivity contribution in [3.63, 3.8) is 0 Å². The molecule has 1 unspecified atom stereocenters. The molecule has 9 heteroatoms. The van der Waals surface area contributed by atoms with Crippen LogP contribution in [0.1, 0.15) is 19.3 Å². The molecule has 1 rings (SSSR count). The quantitative estimate of drug-likeness (QED) is 0.431. The lowest BCUT2D eigenvalue weighted by molar-refractivity contribution is -0.139. The van der Waals surface area contributed by atoms with Gasteiger partial charge in [-0.3, -0.25) is 0 Å². The Morgan fingerprint density at radius 1 is 1.32 bits per heavy atom. The molecule has 110 valence electrons. The van der Waals surface area contributed by atoms with E-state index in [1.807, 2.05) is 0 Å². The molecule has 0 bridgehead atoms. The Hall–Kier alpha value is -1.35. The van der Waals surface area contributed by atoms with Crippen molar-refractivity contribution < 1.29 is 23.1 Å². The van der Waals surface area contributed by atoms with Crippen molar-refractivity contribution >= 4 is 22.0 Å². The van der Waals surface area contributed by atoms with Crippen molar-refractivity contribution in [1.29, 1.82) is 0 Å². The molecular weight excluding hydrogens is 274 g/mol. The summed E-state index contributed by atoms with van der Waals surface area (Å²) < 4.78 is 23.8. The predicted octanol–water partition coefficient (Wildman–Crippen LogP) is -0.912.